The van der Waals surface area contributed by atoms with Crippen LogP contribution in [0.3, 0.4) is 0 Å². The van der Waals surface area contributed by atoms with Gasteiger partial charge in [0.25, 0.3) is 35.4 Å². The van der Waals surface area contributed by atoms with Crippen LogP contribution in [0.15, 0.2) is 91.4 Å². The maximum Gasteiger partial charge on any atom is 0.364 e. The van der Waals surface area contributed by atoms with Crippen LogP contribution < -0.4 is 31.9 Å². The van der Waals surface area contributed by atoms with Gasteiger partial charge in [-0.15, -0.1) is 0 Å². The highest BCUT2D eigenvalue weighted by atomic mass is 19.3. The normalized spacial score (nSPS) is 15.8. The zero-order valence-electron chi connectivity index (χ0n) is 51.8. The molecule has 1 fully saturated rings. The molecular formula is C64H82F5N9O8. The molecule has 0 radical (unpaired) electrons. The molecule has 1 aliphatic rings. The van der Waals surface area contributed by atoms with E-state index in [2.05, 4.69) is 38.8 Å². The second-order valence-electron chi connectivity index (χ2n) is 24.8. The molecular weight excluding hydrogens is 1120 g/mol. The van der Waals surface area contributed by atoms with Crippen molar-refractivity contribution in [3.8, 4) is 0 Å². The van der Waals surface area contributed by atoms with Gasteiger partial charge in [0, 0.05) is 85.0 Å². The molecule has 0 spiro atoms. The molecule has 3 aromatic carbocycles. The number of carbonyl (C=O) groups excluding carboxylic acids is 6. The molecule has 7 rings (SSSR count). The first-order valence-corrected chi connectivity index (χ1v) is 28.2. The Labute approximate surface area is 499 Å². The van der Waals surface area contributed by atoms with Crippen molar-refractivity contribution in [2.24, 2.45) is 33.0 Å². The zero-order valence-corrected chi connectivity index (χ0v) is 51.8. The average Bonchev–Trinajstić information content (AvgIpc) is 1.76. The van der Waals surface area contributed by atoms with Gasteiger partial charge in [-0.3, -0.25) is 28.8 Å². The molecule has 3 aromatic heterocycles. The lowest BCUT2D eigenvalue weighted by molar-refractivity contribution is -0.149. The molecule has 2 unspecified atom stereocenters. The molecule has 466 valence electrons. The Morgan fingerprint density at radius 3 is 1.34 bits per heavy atom. The van der Waals surface area contributed by atoms with Gasteiger partial charge in [0.2, 0.25) is 0 Å². The molecule has 6 amide bonds. The van der Waals surface area contributed by atoms with Crippen molar-refractivity contribution < 1.29 is 60.9 Å². The van der Waals surface area contributed by atoms with Crippen molar-refractivity contribution in [1.29, 1.82) is 0 Å². The molecule has 0 aliphatic heterocycles. The van der Waals surface area contributed by atoms with Gasteiger partial charge >= 0.3 is 5.92 Å². The second-order valence-corrected chi connectivity index (χ2v) is 24.8. The van der Waals surface area contributed by atoms with E-state index in [1.165, 1.54) is 97.7 Å². The van der Waals surface area contributed by atoms with Crippen LogP contribution in [0.2, 0.25) is 0 Å². The number of aliphatic hydroxyl groups is 2. The maximum atomic E-state index is 14.8. The largest absolute Gasteiger partial charge is 0.375 e. The van der Waals surface area contributed by atoms with Crippen LogP contribution >= 0.6 is 0 Å². The smallest absolute Gasteiger partial charge is 0.364 e. The first-order chi connectivity index (χ1) is 39.6. The number of anilines is 3. The number of benzene rings is 3. The van der Waals surface area contributed by atoms with E-state index in [-0.39, 0.29) is 34.6 Å². The molecule has 1 saturated carbocycles. The minimum Gasteiger partial charge on any atom is -0.375 e. The number of nitrogens with one attached hydrogen (secondary N) is 6. The van der Waals surface area contributed by atoms with E-state index in [9.17, 15) is 60.9 Å². The van der Waals surface area contributed by atoms with Gasteiger partial charge in [0.1, 0.15) is 28.8 Å². The molecule has 6 aromatic rings. The first kappa shape index (κ1) is 68.7. The third-order valence-corrected chi connectivity index (χ3v) is 14.6. The van der Waals surface area contributed by atoms with E-state index >= 15 is 0 Å². The van der Waals surface area contributed by atoms with E-state index in [1.807, 2.05) is 41.5 Å². The number of hydrogen-bond donors (Lipinski definition) is 8. The average molecular weight is 1200 g/mol. The molecule has 22 heteroatoms. The standard InChI is InChI=1S/C22H26F3N3O2.C22H30FN3O3.C20H26FN3O3/c1-13-4-6-16(7-5-13)27-21(30)22(24,25)19-11-15(12-28(19)3)20(29)26-17-8-9-18(23)14(2)10-17;1-13(2)22(29,20(28)25-21(4,5)6)15-11-18(26(7)12-15)19(27)24-16-8-9-17(23)14(3)10-16;1-12-9-14(7-8-15(12)21)22-17(25)16-10-13(11-24(16)6)20(5,27)18(26)23-19(2,3)4/h8-13,16H,4-7H2,1-3H3,(H,26,29)(H,27,30);8-13,29H,1-7H3,(H,24,27)(H,25,28);7-11,27H,1-6H3,(H,22,25)(H,23,26). The summed E-state index contributed by atoms with van der Waals surface area (Å²) in [5.74, 6) is -8.69. The first-order valence-electron chi connectivity index (χ1n) is 28.2. The Morgan fingerprint density at radius 1 is 0.535 bits per heavy atom. The minimum absolute atomic E-state index is 0.0200. The number of alkyl halides is 2. The number of amides is 6. The summed E-state index contributed by atoms with van der Waals surface area (Å²) in [6.45, 7) is 22.7. The summed E-state index contributed by atoms with van der Waals surface area (Å²) in [5, 5.41) is 37.9. The summed E-state index contributed by atoms with van der Waals surface area (Å²) in [6, 6.07) is 16.4. The lowest BCUT2D eigenvalue weighted by atomic mass is 9.83. The van der Waals surface area contributed by atoms with Crippen molar-refractivity contribution in [1.82, 2.24) is 29.7 Å². The second kappa shape index (κ2) is 27.1. The van der Waals surface area contributed by atoms with Crippen LogP contribution in [0, 0.1) is 50.1 Å². The Bertz CT molecular complexity index is 3470. The van der Waals surface area contributed by atoms with E-state index in [1.54, 1.807) is 59.5 Å². The van der Waals surface area contributed by atoms with Crippen molar-refractivity contribution in [2.75, 3.05) is 16.0 Å². The molecule has 0 saturated heterocycles. The van der Waals surface area contributed by atoms with Gasteiger partial charge in [0.05, 0.1) is 11.3 Å². The van der Waals surface area contributed by atoms with Crippen molar-refractivity contribution >= 4 is 52.5 Å². The zero-order chi connectivity index (χ0) is 64.8. The maximum absolute atomic E-state index is 14.8. The predicted molar refractivity (Wildman–Crippen MR) is 321 cm³/mol. The Balaban J connectivity index is 0.000000236. The van der Waals surface area contributed by atoms with Gasteiger partial charge in [-0.2, -0.15) is 8.78 Å². The predicted octanol–water partition coefficient (Wildman–Crippen LogP) is 10.8. The monoisotopic (exact) mass is 1200 g/mol. The van der Waals surface area contributed by atoms with Gasteiger partial charge in [-0.25, -0.2) is 13.2 Å². The number of nitrogens with zero attached hydrogens (tertiary/aromatic N) is 3. The van der Waals surface area contributed by atoms with E-state index in [0.717, 1.165) is 23.5 Å². The van der Waals surface area contributed by atoms with E-state index in [4.69, 9.17) is 0 Å². The Morgan fingerprint density at radius 2 is 0.930 bits per heavy atom. The summed E-state index contributed by atoms with van der Waals surface area (Å²) in [5.41, 5.74) is -1.59. The van der Waals surface area contributed by atoms with Crippen LogP contribution in [-0.4, -0.2) is 76.5 Å². The third-order valence-electron chi connectivity index (χ3n) is 14.6. The van der Waals surface area contributed by atoms with E-state index < -0.39 is 81.1 Å². The number of halogens is 5. The van der Waals surface area contributed by atoms with Crippen LogP contribution in [0.25, 0.3) is 0 Å². The summed E-state index contributed by atoms with van der Waals surface area (Å²) in [4.78, 5) is 75.3. The van der Waals surface area contributed by atoms with Crippen molar-refractivity contribution in [3.05, 3.63) is 159 Å². The fraction of sp³-hybridized carbons (Fsp3) is 0.438. The lowest BCUT2D eigenvalue weighted by Crippen LogP contribution is -2.53. The van der Waals surface area contributed by atoms with Crippen LogP contribution in [0.5, 0.6) is 0 Å². The molecule has 1 aliphatic carbocycles. The van der Waals surface area contributed by atoms with Gasteiger partial charge in [0.15, 0.2) is 11.2 Å². The molecule has 2 atom stereocenters. The topological polar surface area (TPSA) is 230 Å². The summed E-state index contributed by atoms with van der Waals surface area (Å²) in [6.07, 6.45) is 7.51. The van der Waals surface area contributed by atoms with Crippen molar-refractivity contribution in [3.63, 3.8) is 0 Å². The highest BCUT2D eigenvalue weighted by Crippen LogP contribution is 2.34. The fourth-order valence-electron chi connectivity index (χ4n) is 9.37. The van der Waals surface area contributed by atoms with Crippen LogP contribution in [0.4, 0.5) is 39.0 Å². The number of aryl methyl sites for hydroxylation is 6. The summed E-state index contributed by atoms with van der Waals surface area (Å²) in [7, 11) is 4.67. The summed E-state index contributed by atoms with van der Waals surface area (Å²) >= 11 is 0. The van der Waals surface area contributed by atoms with Crippen molar-refractivity contribution in [2.45, 2.75) is 150 Å². The van der Waals surface area contributed by atoms with Gasteiger partial charge in [-0.05, 0) is 196 Å². The quantitative estimate of drug-likeness (QED) is 0.0488. The third kappa shape index (κ3) is 17.3. The van der Waals surface area contributed by atoms with Gasteiger partial charge < -0.3 is 55.8 Å². The summed E-state index contributed by atoms with van der Waals surface area (Å²) < 4.78 is 74.0. The Kier molecular flexibility index (Phi) is 21.6. The fourth-order valence-corrected chi connectivity index (χ4v) is 9.37. The number of hydrogen-bond acceptors (Lipinski definition) is 8. The number of carbonyl (C=O) groups is 6. The highest BCUT2D eigenvalue weighted by Gasteiger charge is 2.46. The lowest BCUT2D eigenvalue weighted by Gasteiger charge is -2.33. The SMILES string of the molecule is Cc1cc(NC(=O)c2cc(C(C)(O)C(=O)NC(C)(C)C)cn2C)ccc1F.Cc1cc(NC(=O)c2cc(C(F)(F)C(=O)NC3CCC(C)CC3)n(C)c2)ccc1F.Cc1cc(NC(=O)c2cc(C(O)(C(=O)NC(C)(C)C)C(C)C)cn2C)ccc1F. The number of rotatable bonds is 14. The molecule has 17 nitrogen and oxygen atoms in total. The van der Waals surface area contributed by atoms with E-state index in [0.29, 0.717) is 63.6 Å². The highest BCUT2D eigenvalue weighted by molar-refractivity contribution is 6.05. The minimum atomic E-state index is -3.77. The van der Waals surface area contributed by atoms with Crippen LogP contribution in [-0.2, 0) is 52.7 Å². The molecule has 0 bridgehead atoms. The number of aromatic nitrogens is 3. The van der Waals surface area contributed by atoms with Crippen LogP contribution in [0.1, 0.15) is 160 Å². The Hall–Kier alpha value is -8.11. The molecule has 8 N–H and O–H groups in total. The molecule has 86 heavy (non-hydrogen) atoms. The van der Waals surface area contributed by atoms with Gasteiger partial charge in [-0.1, -0.05) is 20.8 Å². The molecule has 3 heterocycles.